The molecule has 0 aliphatic rings. The van der Waals surface area contributed by atoms with Gasteiger partial charge < -0.3 is 15.2 Å². The number of benzene rings is 3. The second-order valence-electron chi connectivity index (χ2n) is 11.8. The monoisotopic (exact) mass is 578 g/mol. The van der Waals surface area contributed by atoms with Crippen LogP contribution < -0.4 is 10.1 Å². The van der Waals surface area contributed by atoms with Crippen LogP contribution in [0.2, 0.25) is 0 Å². The number of aromatic hydroxyl groups is 1. The standard InChI is InChI=1S/C35H38N4O4/c1-8-34(3,4)24-12-19-30(28(20-24)35(5,6)9-2)43-22-31(41)37-26-15-17-27(18-16-26)39-32(38-29(21-40)33(39)42)23-10-13-25(36-7)14-11-23/h10-21,42H,8-9,22H2,1-6H3,(H,37,41). The number of aromatic nitrogens is 2. The quantitative estimate of drug-likeness (QED) is 0.139. The Balaban J connectivity index is 1.52. The van der Waals surface area contributed by atoms with Crippen molar-refractivity contribution >= 4 is 23.6 Å². The summed E-state index contributed by atoms with van der Waals surface area (Å²) < 4.78 is 7.51. The van der Waals surface area contributed by atoms with Crippen LogP contribution in [0, 0.1) is 6.57 Å². The molecule has 8 nitrogen and oxygen atoms in total. The third-order valence-electron chi connectivity index (χ3n) is 8.27. The summed E-state index contributed by atoms with van der Waals surface area (Å²) in [6.07, 6.45) is 2.42. The molecule has 43 heavy (non-hydrogen) atoms. The van der Waals surface area contributed by atoms with Crippen LogP contribution in [0.25, 0.3) is 21.9 Å². The van der Waals surface area contributed by atoms with E-state index in [4.69, 9.17) is 11.3 Å². The highest BCUT2D eigenvalue weighted by Crippen LogP contribution is 2.38. The molecule has 0 fully saturated rings. The fourth-order valence-corrected chi connectivity index (χ4v) is 4.67. The van der Waals surface area contributed by atoms with Gasteiger partial charge >= 0.3 is 0 Å². The van der Waals surface area contributed by atoms with Crippen molar-refractivity contribution in [1.29, 1.82) is 0 Å². The third-order valence-corrected chi connectivity index (χ3v) is 8.27. The van der Waals surface area contributed by atoms with Crippen LogP contribution in [0.5, 0.6) is 11.6 Å². The average Bonchev–Trinajstić information content (AvgIpc) is 3.36. The summed E-state index contributed by atoms with van der Waals surface area (Å²) in [4.78, 5) is 32.1. The smallest absolute Gasteiger partial charge is 0.262 e. The first kappa shape index (κ1) is 31.0. The van der Waals surface area contributed by atoms with Crippen LogP contribution >= 0.6 is 0 Å². The highest BCUT2D eigenvalue weighted by Gasteiger charge is 2.27. The Bertz CT molecular complexity index is 1660. The Labute approximate surface area is 253 Å². The van der Waals surface area contributed by atoms with Crippen molar-refractivity contribution in [1.82, 2.24) is 9.55 Å². The van der Waals surface area contributed by atoms with Gasteiger partial charge in [0.2, 0.25) is 5.88 Å². The molecule has 0 saturated heterocycles. The molecule has 0 aliphatic carbocycles. The lowest BCUT2D eigenvalue weighted by molar-refractivity contribution is -0.118. The summed E-state index contributed by atoms with van der Waals surface area (Å²) in [5, 5.41) is 13.6. The molecule has 0 aliphatic heterocycles. The van der Waals surface area contributed by atoms with E-state index in [-0.39, 0.29) is 34.9 Å². The van der Waals surface area contributed by atoms with Crippen LogP contribution in [-0.4, -0.2) is 33.5 Å². The van der Waals surface area contributed by atoms with Crippen molar-refractivity contribution in [2.24, 2.45) is 0 Å². The van der Waals surface area contributed by atoms with Gasteiger partial charge in [0.25, 0.3) is 5.91 Å². The maximum absolute atomic E-state index is 12.9. The minimum absolute atomic E-state index is 0.0345. The Kier molecular flexibility index (Phi) is 9.05. The number of hydrogen-bond acceptors (Lipinski definition) is 5. The molecule has 3 aromatic carbocycles. The minimum atomic E-state index is -0.305. The number of imidazole rings is 1. The molecule has 0 radical (unpaired) electrons. The molecule has 0 spiro atoms. The van der Waals surface area contributed by atoms with Gasteiger partial charge in [-0.1, -0.05) is 77.9 Å². The second kappa shape index (κ2) is 12.5. The molecule has 0 bridgehead atoms. The number of ether oxygens (including phenoxy) is 1. The molecular formula is C35H38N4O4. The van der Waals surface area contributed by atoms with Gasteiger partial charge in [-0.15, -0.1) is 0 Å². The highest BCUT2D eigenvalue weighted by molar-refractivity contribution is 5.92. The molecule has 222 valence electrons. The van der Waals surface area contributed by atoms with Crippen LogP contribution in [0.1, 0.15) is 76.0 Å². The van der Waals surface area contributed by atoms with Gasteiger partial charge in [-0.25, -0.2) is 9.83 Å². The largest absolute Gasteiger partial charge is 0.493 e. The van der Waals surface area contributed by atoms with Gasteiger partial charge in [0, 0.05) is 16.8 Å². The van der Waals surface area contributed by atoms with E-state index in [2.05, 4.69) is 68.8 Å². The molecule has 1 aromatic heterocycles. The van der Waals surface area contributed by atoms with E-state index >= 15 is 0 Å². The number of anilines is 1. The van der Waals surface area contributed by atoms with Crippen molar-refractivity contribution in [3.8, 4) is 28.7 Å². The molecule has 0 saturated carbocycles. The maximum atomic E-state index is 12.9. The van der Waals surface area contributed by atoms with Gasteiger partial charge in [0.05, 0.1) is 12.3 Å². The normalized spacial score (nSPS) is 11.6. The number of nitrogens with one attached hydrogen (secondary N) is 1. The second-order valence-corrected chi connectivity index (χ2v) is 11.8. The topological polar surface area (TPSA) is 97.8 Å². The number of rotatable bonds is 11. The zero-order chi connectivity index (χ0) is 31.4. The summed E-state index contributed by atoms with van der Waals surface area (Å²) in [6, 6.07) is 19.8. The lowest BCUT2D eigenvalue weighted by atomic mass is 9.76. The van der Waals surface area contributed by atoms with Crippen LogP contribution in [0.4, 0.5) is 11.4 Å². The number of carbonyl (C=O) groups is 2. The summed E-state index contributed by atoms with van der Waals surface area (Å²) >= 11 is 0. The van der Waals surface area contributed by atoms with Crippen LogP contribution in [-0.2, 0) is 15.6 Å². The lowest BCUT2D eigenvalue weighted by Crippen LogP contribution is -2.24. The molecule has 1 amide bonds. The lowest BCUT2D eigenvalue weighted by Gasteiger charge is -2.30. The molecular weight excluding hydrogens is 540 g/mol. The first-order valence-corrected chi connectivity index (χ1v) is 14.4. The minimum Gasteiger partial charge on any atom is -0.493 e. The summed E-state index contributed by atoms with van der Waals surface area (Å²) in [5.74, 6) is 0.441. The molecule has 4 aromatic rings. The van der Waals surface area contributed by atoms with Crippen LogP contribution in [0.3, 0.4) is 0 Å². The van der Waals surface area contributed by atoms with Gasteiger partial charge in [0.1, 0.15) is 11.6 Å². The van der Waals surface area contributed by atoms with Crippen molar-refractivity contribution < 1.29 is 19.4 Å². The van der Waals surface area contributed by atoms with Crippen molar-refractivity contribution in [2.45, 2.75) is 65.2 Å². The number of nitrogens with zero attached hydrogens (tertiary/aromatic N) is 3. The van der Waals surface area contributed by atoms with E-state index in [1.54, 1.807) is 48.5 Å². The van der Waals surface area contributed by atoms with Gasteiger partial charge in [0.15, 0.2) is 24.3 Å². The van der Waals surface area contributed by atoms with Gasteiger partial charge in [-0.3, -0.25) is 14.2 Å². The maximum Gasteiger partial charge on any atom is 0.262 e. The molecule has 8 heteroatoms. The molecule has 2 N–H and O–H groups in total. The van der Waals surface area contributed by atoms with E-state index in [9.17, 15) is 14.7 Å². The fraction of sp³-hybridized carbons (Fsp3) is 0.314. The number of carbonyl (C=O) groups excluding carboxylic acids is 2. The summed E-state index contributed by atoms with van der Waals surface area (Å²) in [7, 11) is 0. The van der Waals surface area contributed by atoms with E-state index in [0.29, 0.717) is 40.5 Å². The SMILES string of the molecule is [C-]#[N+]c1ccc(-c2nc(C=O)c(O)n2-c2ccc(NC(=O)COc3ccc(C(C)(C)CC)cc3C(C)(C)CC)cc2)cc1. The highest BCUT2D eigenvalue weighted by atomic mass is 16.5. The number of amides is 1. The third kappa shape index (κ3) is 6.62. The summed E-state index contributed by atoms with van der Waals surface area (Å²) in [5.41, 5.74) is 4.32. The zero-order valence-corrected chi connectivity index (χ0v) is 25.6. The van der Waals surface area contributed by atoms with E-state index in [1.807, 2.05) is 6.07 Å². The van der Waals surface area contributed by atoms with E-state index in [1.165, 1.54) is 10.1 Å². The molecule has 0 atom stereocenters. The first-order chi connectivity index (χ1) is 20.4. The number of hydrogen-bond donors (Lipinski definition) is 2. The Morgan fingerprint density at radius 3 is 2.23 bits per heavy atom. The molecule has 1 heterocycles. The Morgan fingerprint density at radius 2 is 1.65 bits per heavy atom. The van der Waals surface area contributed by atoms with E-state index < -0.39 is 0 Å². The van der Waals surface area contributed by atoms with Crippen LogP contribution in [0.15, 0.2) is 66.7 Å². The van der Waals surface area contributed by atoms with E-state index in [0.717, 1.165) is 18.4 Å². The molecule has 4 rings (SSSR count). The predicted octanol–water partition coefficient (Wildman–Crippen LogP) is 8.00. The zero-order valence-electron chi connectivity index (χ0n) is 25.6. The average molecular weight is 579 g/mol. The van der Waals surface area contributed by atoms with Gasteiger partial charge in [-0.05, 0) is 59.6 Å². The Hall–Kier alpha value is -4.90. The molecule has 0 unspecified atom stereocenters. The van der Waals surface area contributed by atoms with Crippen molar-refractivity contribution in [2.75, 3.05) is 11.9 Å². The van der Waals surface area contributed by atoms with Crippen molar-refractivity contribution in [3.63, 3.8) is 0 Å². The van der Waals surface area contributed by atoms with Crippen molar-refractivity contribution in [3.05, 3.63) is 95.0 Å². The fourth-order valence-electron chi connectivity index (χ4n) is 4.67. The summed E-state index contributed by atoms with van der Waals surface area (Å²) in [6.45, 7) is 20.2. The Morgan fingerprint density at radius 1 is 1.00 bits per heavy atom. The number of aldehydes is 1. The predicted molar refractivity (Wildman–Crippen MR) is 170 cm³/mol. The van der Waals surface area contributed by atoms with Gasteiger partial charge in [-0.2, -0.15) is 0 Å². The first-order valence-electron chi connectivity index (χ1n) is 14.4.